The number of hydrogen-bond acceptors (Lipinski definition) is 2. The predicted molar refractivity (Wildman–Crippen MR) is 29.8 cm³/mol. The van der Waals surface area contributed by atoms with Crippen molar-refractivity contribution >= 4 is 0 Å². The molecule has 0 saturated carbocycles. The second-order valence-electron chi connectivity index (χ2n) is 1.52. The van der Waals surface area contributed by atoms with Crippen molar-refractivity contribution in [3.63, 3.8) is 0 Å². The van der Waals surface area contributed by atoms with Gasteiger partial charge in [-0.25, -0.2) is 0 Å². The van der Waals surface area contributed by atoms with E-state index in [0.717, 1.165) is 0 Å². The number of rotatable bonds is 0. The van der Waals surface area contributed by atoms with E-state index in [9.17, 15) is 0 Å². The van der Waals surface area contributed by atoms with E-state index in [2.05, 4.69) is 0 Å². The summed E-state index contributed by atoms with van der Waals surface area (Å²) in [5, 5.41) is 17.3. The van der Waals surface area contributed by atoms with Gasteiger partial charge in [0, 0.05) is 0 Å². The van der Waals surface area contributed by atoms with Crippen molar-refractivity contribution < 1.29 is 29.7 Å². The van der Waals surface area contributed by atoms with E-state index in [-0.39, 0.29) is 31.0 Å². The number of phenols is 2. The first kappa shape index (κ1) is 8.44. The van der Waals surface area contributed by atoms with E-state index < -0.39 is 0 Å². The first-order chi connectivity index (χ1) is 3.79. The minimum Gasteiger partial charge on any atom is -0.508 e. The number of benzene rings is 1. The van der Waals surface area contributed by atoms with Crippen LogP contribution in [-0.4, -0.2) is 10.2 Å². The van der Waals surface area contributed by atoms with Crippen molar-refractivity contribution in [2.24, 2.45) is 0 Å². The van der Waals surface area contributed by atoms with Gasteiger partial charge in [0.25, 0.3) is 0 Å². The first-order valence-corrected chi connectivity index (χ1v) is 2.27. The van der Waals surface area contributed by atoms with Crippen LogP contribution in [0.1, 0.15) is 0 Å². The molecular weight excluding hydrogens is 169 g/mol. The molecule has 1 aromatic rings. The smallest absolute Gasteiger partial charge is 0.508 e. The van der Waals surface area contributed by atoms with Crippen molar-refractivity contribution in [3.05, 3.63) is 24.3 Å². The molecule has 0 fully saturated rings. The second-order valence-corrected chi connectivity index (χ2v) is 1.52. The third-order valence-electron chi connectivity index (χ3n) is 0.850. The van der Waals surface area contributed by atoms with E-state index >= 15 is 0 Å². The van der Waals surface area contributed by atoms with Crippen molar-refractivity contribution in [2.45, 2.75) is 0 Å². The molecule has 0 unspecified atom stereocenters. The van der Waals surface area contributed by atoms with E-state index in [1.54, 1.807) is 0 Å². The molecule has 1 aromatic carbocycles. The molecule has 1 rings (SSSR count). The Kier molecular flexibility index (Phi) is 3.25. The maximum atomic E-state index is 8.65. The van der Waals surface area contributed by atoms with Gasteiger partial charge < -0.3 is 10.2 Å². The molecular formula is C6H6O2Zn+2. The second kappa shape index (κ2) is 3.47. The third kappa shape index (κ3) is 2.47. The quantitative estimate of drug-likeness (QED) is 0.458. The van der Waals surface area contributed by atoms with Crippen LogP contribution in [0.25, 0.3) is 0 Å². The van der Waals surface area contributed by atoms with Crippen LogP contribution in [0.15, 0.2) is 24.3 Å². The summed E-state index contributed by atoms with van der Waals surface area (Å²) in [7, 11) is 0. The zero-order valence-electron chi connectivity index (χ0n) is 4.91. The van der Waals surface area contributed by atoms with Gasteiger partial charge in [-0.1, -0.05) is 0 Å². The van der Waals surface area contributed by atoms with Crippen LogP contribution in [0.4, 0.5) is 0 Å². The molecule has 2 N–H and O–H groups in total. The summed E-state index contributed by atoms with van der Waals surface area (Å²) in [6.45, 7) is 0. The predicted octanol–water partition coefficient (Wildman–Crippen LogP) is 1.10. The van der Waals surface area contributed by atoms with Crippen LogP contribution in [0.3, 0.4) is 0 Å². The van der Waals surface area contributed by atoms with Gasteiger partial charge >= 0.3 is 19.5 Å². The summed E-state index contributed by atoms with van der Waals surface area (Å²) in [5.74, 6) is 0.339. The molecule has 9 heavy (non-hydrogen) atoms. The molecule has 0 radical (unpaired) electrons. The van der Waals surface area contributed by atoms with Crippen LogP contribution in [0.5, 0.6) is 11.5 Å². The van der Waals surface area contributed by atoms with E-state index in [4.69, 9.17) is 10.2 Å². The molecule has 0 aliphatic rings. The molecule has 42 valence electrons. The molecule has 0 atom stereocenters. The van der Waals surface area contributed by atoms with Gasteiger partial charge in [0.15, 0.2) is 0 Å². The minimum atomic E-state index is 0. The molecule has 0 heterocycles. The Morgan fingerprint density at radius 3 is 1.22 bits per heavy atom. The normalized spacial score (nSPS) is 8.00. The molecule has 0 aromatic heterocycles. The summed E-state index contributed by atoms with van der Waals surface area (Å²) >= 11 is 0. The van der Waals surface area contributed by atoms with Crippen molar-refractivity contribution in [1.29, 1.82) is 0 Å². The van der Waals surface area contributed by atoms with Crippen molar-refractivity contribution in [1.82, 2.24) is 0 Å². The summed E-state index contributed by atoms with van der Waals surface area (Å²) in [4.78, 5) is 0. The number of phenolic OH excluding ortho intramolecular Hbond substituents is 2. The molecule has 3 heteroatoms. The van der Waals surface area contributed by atoms with Crippen LogP contribution in [0.2, 0.25) is 0 Å². The van der Waals surface area contributed by atoms with Gasteiger partial charge in [-0.3, -0.25) is 0 Å². The Morgan fingerprint density at radius 2 is 1.00 bits per heavy atom. The Labute approximate surface area is 65.9 Å². The molecule has 0 amide bonds. The van der Waals surface area contributed by atoms with Gasteiger partial charge in [0.2, 0.25) is 0 Å². The van der Waals surface area contributed by atoms with Crippen molar-refractivity contribution in [2.75, 3.05) is 0 Å². The van der Waals surface area contributed by atoms with E-state index in [1.165, 1.54) is 24.3 Å². The Morgan fingerprint density at radius 1 is 0.778 bits per heavy atom. The molecule has 0 aliphatic heterocycles. The summed E-state index contributed by atoms with van der Waals surface area (Å²) < 4.78 is 0. The minimum absolute atomic E-state index is 0. The average Bonchev–Trinajstić information content (AvgIpc) is 1.77. The van der Waals surface area contributed by atoms with Gasteiger partial charge in [-0.2, -0.15) is 0 Å². The maximum Gasteiger partial charge on any atom is 2.00 e. The fraction of sp³-hybridized carbons (Fsp3) is 0. The van der Waals surface area contributed by atoms with Crippen LogP contribution in [-0.2, 0) is 19.5 Å². The Bertz CT molecular complexity index is 150. The Hall–Kier alpha value is -0.557. The fourth-order valence-electron chi connectivity index (χ4n) is 0.453. The SMILES string of the molecule is Oc1ccc(O)cc1.[Zn+2]. The zero-order valence-corrected chi connectivity index (χ0v) is 7.88. The summed E-state index contributed by atoms with van der Waals surface area (Å²) in [6.07, 6.45) is 0. The molecule has 2 nitrogen and oxygen atoms in total. The number of aromatic hydroxyl groups is 2. The van der Waals surface area contributed by atoms with Crippen LogP contribution in [0, 0.1) is 0 Å². The Balaban J connectivity index is 0.000000640. The third-order valence-corrected chi connectivity index (χ3v) is 0.850. The van der Waals surface area contributed by atoms with Gasteiger partial charge in [-0.15, -0.1) is 0 Å². The summed E-state index contributed by atoms with van der Waals surface area (Å²) in [6, 6.07) is 5.70. The largest absolute Gasteiger partial charge is 2.00 e. The molecule has 0 bridgehead atoms. The standard InChI is InChI=1S/C6H6O2.Zn/c7-5-1-2-6(8)4-3-5;/h1-4,7-8H;/q;+2. The zero-order chi connectivity index (χ0) is 5.98. The van der Waals surface area contributed by atoms with Crippen LogP contribution >= 0.6 is 0 Å². The van der Waals surface area contributed by atoms with E-state index in [0.29, 0.717) is 0 Å². The molecule has 0 aliphatic carbocycles. The van der Waals surface area contributed by atoms with Gasteiger partial charge in [0.1, 0.15) is 11.5 Å². The topological polar surface area (TPSA) is 40.5 Å². The van der Waals surface area contributed by atoms with Gasteiger partial charge in [-0.05, 0) is 24.3 Å². The monoisotopic (exact) mass is 174 g/mol. The van der Waals surface area contributed by atoms with Crippen LogP contribution < -0.4 is 0 Å². The fourth-order valence-corrected chi connectivity index (χ4v) is 0.453. The van der Waals surface area contributed by atoms with Gasteiger partial charge in [0.05, 0.1) is 0 Å². The van der Waals surface area contributed by atoms with E-state index in [1.807, 2.05) is 0 Å². The first-order valence-electron chi connectivity index (χ1n) is 2.27. The van der Waals surface area contributed by atoms with Crippen molar-refractivity contribution in [3.8, 4) is 11.5 Å². The molecule has 0 saturated heterocycles. The molecule has 0 spiro atoms. The average molecular weight is 176 g/mol. The maximum absolute atomic E-state index is 8.65. The summed E-state index contributed by atoms with van der Waals surface area (Å²) in [5.41, 5.74) is 0. The number of hydrogen-bond donors (Lipinski definition) is 2.